The number of oxazole rings is 1. The number of nitrogens with zero attached hydrogens (tertiary/aromatic N) is 2. The first-order valence-corrected chi connectivity index (χ1v) is 10.9. The Labute approximate surface area is 185 Å². The second-order valence-electron chi connectivity index (χ2n) is 7.92. The van der Waals surface area contributed by atoms with Crippen molar-refractivity contribution in [2.45, 2.75) is 19.4 Å². The van der Waals surface area contributed by atoms with Gasteiger partial charge in [0.15, 0.2) is 17.3 Å². The summed E-state index contributed by atoms with van der Waals surface area (Å²) in [5, 5.41) is 0.684. The second-order valence-corrected chi connectivity index (χ2v) is 8.36. The number of Topliss-reactive ketones (excluding diaryl/α,β-unsaturated/α-hetero) is 1. The lowest BCUT2D eigenvalue weighted by molar-refractivity contribution is 0.0832. The fraction of sp³-hybridized carbons (Fsp3) is 0.333. The van der Waals surface area contributed by atoms with Gasteiger partial charge in [0.05, 0.1) is 5.69 Å². The zero-order valence-electron chi connectivity index (χ0n) is 17.1. The Bertz CT molecular complexity index is 1070. The molecule has 0 N–H and O–H groups in total. The van der Waals surface area contributed by atoms with Crippen molar-refractivity contribution in [3.63, 3.8) is 0 Å². The van der Waals surface area contributed by atoms with Gasteiger partial charge in [0.2, 0.25) is 5.89 Å². The standard InChI is InChI=1S/C24H23ClN2O4/c25-19-4-1-17(2-5-19)24-26-20(15-31-24)14-27-9-7-16(8-10-27)23(28)18-3-6-21-22(13-18)30-12-11-29-21/h1-6,13,15-16H,7-12,14H2. The Kier molecular flexibility index (Phi) is 5.66. The molecule has 0 unspecified atom stereocenters. The zero-order valence-corrected chi connectivity index (χ0v) is 17.8. The fourth-order valence-electron chi connectivity index (χ4n) is 4.12. The lowest BCUT2D eigenvalue weighted by Crippen LogP contribution is -2.36. The largest absolute Gasteiger partial charge is 0.486 e. The summed E-state index contributed by atoms with van der Waals surface area (Å²) in [6.07, 6.45) is 3.36. The number of ether oxygens (including phenoxy) is 2. The van der Waals surface area contributed by atoms with E-state index in [9.17, 15) is 4.79 Å². The highest BCUT2D eigenvalue weighted by Crippen LogP contribution is 2.33. The molecule has 0 spiro atoms. The summed E-state index contributed by atoms with van der Waals surface area (Å²) in [5.41, 5.74) is 2.49. The van der Waals surface area contributed by atoms with E-state index in [4.69, 9.17) is 25.5 Å². The second kappa shape index (κ2) is 8.73. The van der Waals surface area contributed by atoms with E-state index in [1.54, 1.807) is 6.26 Å². The number of likely N-dealkylation sites (tertiary alicyclic amines) is 1. The molecule has 0 atom stereocenters. The first-order chi connectivity index (χ1) is 15.2. The molecule has 3 aromatic rings. The fourth-order valence-corrected chi connectivity index (χ4v) is 4.25. The van der Waals surface area contributed by atoms with Gasteiger partial charge in [-0.05, 0) is 68.4 Å². The van der Waals surface area contributed by atoms with Crippen molar-refractivity contribution in [3.8, 4) is 23.0 Å². The normalized spacial score (nSPS) is 16.9. The number of halogens is 1. The number of carbonyl (C=O) groups excluding carboxylic acids is 1. The van der Waals surface area contributed by atoms with Crippen molar-refractivity contribution < 1.29 is 18.7 Å². The molecule has 0 radical (unpaired) electrons. The number of hydrogen-bond donors (Lipinski definition) is 0. The number of aromatic nitrogens is 1. The van der Waals surface area contributed by atoms with Crippen molar-refractivity contribution in [2.75, 3.05) is 26.3 Å². The maximum absolute atomic E-state index is 13.0. The van der Waals surface area contributed by atoms with E-state index in [1.165, 1.54) is 0 Å². The minimum atomic E-state index is 0.0285. The van der Waals surface area contributed by atoms with Gasteiger partial charge in [-0.3, -0.25) is 9.69 Å². The summed E-state index contributed by atoms with van der Waals surface area (Å²) in [6.45, 7) is 3.48. The summed E-state index contributed by atoms with van der Waals surface area (Å²) in [4.78, 5) is 19.9. The summed E-state index contributed by atoms with van der Waals surface area (Å²) < 4.78 is 16.8. The van der Waals surface area contributed by atoms with Gasteiger partial charge >= 0.3 is 0 Å². The topological polar surface area (TPSA) is 64.8 Å². The lowest BCUT2D eigenvalue weighted by atomic mass is 9.88. The van der Waals surface area contributed by atoms with Crippen LogP contribution in [0.1, 0.15) is 28.9 Å². The molecule has 1 fully saturated rings. The van der Waals surface area contributed by atoms with E-state index in [-0.39, 0.29) is 11.7 Å². The molecular formula is C24H23ClN2O4. The number of carbonyl (C=O) groups is 1. The van der Waals surface area contributed by atoms with Gasteiger partial charge in [-0.25, -0.2) is 4.98 Å². The molecular weight excluding hydrogens is 416 g/mol. The number of fused-ring (bicyclic) bond motifs is 1. The van der Waals surface area contributed by atoms with E-state index in [2.05, 4.69) is 9.88 Å². The molecule has 160 valence electrons. The Morgan fingerprint density at radius 1 is 1.03 bits per heavy atom. The quantitative estimate of drug-likeness (QED) is 0.530. The minimum Gasteiger partial charge on any atom is -0.486 e. The smallest absolute Gasteiger partial charge is 0.226 e. The van der Waals surface area contributed by atoms with Crippen LogP contribution in [0.3, 0.4) is 0 Å². The maximum Gasteiger partial charge on any atom is 0.226 e. The summed E-state index contributed by atoms with van der Waals surface area (Å²) in [5.74, 6) is 2.18. The monoisotopic (exact) mass is 438 g/mol. The molecule has 1 aromatic heterocycles. The van der Waals surface area contributed by atoms with E-state index in [0.717, 1.165) is 37.2 Å². The third-order valence-electron chi connectivity index (χ3n) is 5.81. The molecule has 3 heterocycles. The summed E-state index contributed by atoms with van der Waals surface area (Å²) in [6, 6.07) is 12.9. The van der Waals surface area contributed by atoms with Crippen LogP contribution in [-0.2, 0) is 6.54 Å². The third-order valence-corrected chi connectivity index (χ3v) is 6.07. The van der Waals surface area contributed by atoms with Crippen LogP contribution < -0.4 is 9.47 Å². The molecule has 0 saturated carbocycles. The minimum absolute atomic E-state index is 0.0285. The molecule has 7 heteroatoms. The average Bonchev–Trinajstić information content (AvgIpc) is 3.27. The van der Waals surface area contributed by atoms with Gasteiger partial charge in [-0.15, -0.1) is 0 Å². The molecule has 0 aliphatic carbocycles. The highest BCUT2D eigenvalue weighted by molar-refractivity contribution is 6.30. The van der Waals surface area contributed by atoms with E-state index < -0.39 is 0 Å². The van der Waals surface area contributed by atoms with E-state index >= 15 is 0 Å². The van der Waals surface area contributed by atoms with Crippen molar-refractivity contribution in [3.05, 3.63) is 65.0 Å². The third kappa shape index (κ3) is 4.45. The van der Waals surface area contributed by atoms with Gasteiger partial charge in [0.25, 0.3) is 0 Å². The Morgan fingerprint density at radius 2 is 1.77 bits per heavy atom. The highest BCUT2D eigenvalue weighted by Gasteiger charge is 2.27. The molecule has 31 heavy (non-hydrogen) atoms. The van der Waals surface area contributed by atoms with Gasteiger partial charge in [-0.1, -0.05) is 11.6 Å². The highest BCUT2D eigenvalue weighted by atomic mass is 35.5. The number of hydrogen-bond acceptors (Lipinski definition) is 6. The number of benzene rings is 2. The summed E-state index contributed by atoms with van der Waals surface area (Å²) in [7, 11) is 0. The van der Waals surface area contributed by atoms with Crippen LogP contribution in [0.25, 0.3) is 11.5 Å². The average molecular weight is 439 g/mol. The molecule has 2 aliphatic heterocycles. The van der Waals surface area contributed by atoms with E-state index in [0.29, 0.717) is 47.7 Å². The molecule has 1 saturated heterocycles. The van der Waals surface area contributed by atoms with Gasteiger partial charge in [0.1, 0.15) is 19.5 Å². The van der Waals surface area contributed by atoms with Crippen LogP contribution in [0, 0.1) is 5.92 Å². The molecule has 0 bridgehead atoms. The zero-order chi connectivity index (χ0) is 21.2. The molecule has 6 nitrogen and oxygen atoms in total. The maximum atomic E-state index is 13.0. The number of ketones is 1. The Hall–Kier alpha value is -2.83. The first-order valence-electron chi connectivity index (χ1n) is 10.5. The molecule has 5 rings (SSSR count). The van der Waals surface area contributed by atoms with Gasteiger partial charge in [0, 0.05) is 28.6 Å². The van der Waals surface area contributed by atoms with Crippen LogP contribution in [0.5, 0.6) is 11.5 Å². The SMILES string of the molecule is O=C(c1ccc2c(c1)OCCO2)C1CCN(Cc2coc(-c3ccc(Cl)cc3)n2)CC1. The van der Waals surface area contributed by atoms with Crippen molar-refractivity contribution in [1.29, 1.82) is 0 Å². The molecule has 2 aromatic carbocycles. The predicted molar refractivity (Wildman–Crippen MR) is 117 cm³/mol. The van der Waals surface area contributed by atoms with Crippen LogP contribution in [0.4, 0.5) is 0 Å². The Balaban J connectivity index is 1.17. The van der Waals surface area contributed by atoms with Gasteiger partial charge < -0.3 is 13.9 Å². The summed E-state index contributed by atoms with van der Waals surface area (Å²) >= 11 is 5.94. The predicted octanol–water partition coefficient (Wildman–Crippen LogP) is 4.86. The Morgan fingerprint density at radius 3 is 2.55 bits per heavy atom. The number of piperidine rings is 1. The van der Waals surface area contributed by atoms with Gasteiger partial charge in [-0.2, -0.15) is 0 Å². The lowest BCUT2D eigenvalue weighted by Gasteiger charge is -2.30. The van der Waals surface area contributed by atoms with Crippen LogP contribution in [0.15, 0.2) is 53.1 Å². The van der Waals surface area contributed by atoms with Crippen LogP contribution >= 0.6 is 11.6 Å². The van der Waals surface area contributed by atoms with Crippen LogP contribution in [-0.4, -0.2) is 42.0 Å². The van der Waals surface area contributed by atoms with Crippen molar-refractivity contribution in [1.82, 2.24) is 9.88 Å². The van der Waals surface area contributed by atoms with Crippen molar-refractivity contribution >= 4 is 17.4 Å². The van der Waals surface area contributed by atoms with Crippen molar-refractivity contribution in [2.24, 2.45) is 5.92 Å². The molecule has 0 amide bonds. The van der Waals surface area contributed by atoms with Crippen LogP contribution in [0.2, 0.25) is 5.02 Å². The first kappa shape index (κ1) is 20.1. The molecule has 2 aliphatic rings. The van der Waals surface area contributed by atoms with E-state index in [1.807, 2.05) is 42.5 Å². The number of rotatable bonds is 5.